The van der Waals surface area contributed by atoms with Crippen molar-refractivity contribution in [3.05, 3.63) is 23.8 Å². The molecule has 2 rings (SSSR count). The SMILES string of the molecule is COc1ccc(OC)c(C2(C)CCNC2C)c1. The molecule has 1 aliphatic rings. The minimum absolute atomic E-state index is 0.111. The molecule has 1 fully saturated rings. The average molecular weight is 235 g/mol. The third-order valence-electron chi connectivity index (χ3n) is 4.07. The largest absolute Gasteiger partial charge is 0.497 e. The van der Waals surface area contributed by atoms with Crippen LogP contribution in [0.25, 0.3) is 0 Å². The van der Waals surface area contributed by atoms with E-state index in [-0.39, 0.29) is 5.41 Å². The molecular formula is C14H21NO2. The van der Waals surface area contributed by atoms with E-state index < -0.39 is 0 Å². The van der Waals surface area contributed by atoms with E-state index in [9.17, 15) is 0 Å². The van der Waals surface area contributed by atoms with E-state index in [1.165, 1.54) is 5.56 Å². The molecule has 0 spiro atoms. The van der Waals surface area contributed by atoms with Gasteiger partial charge in [-0.1, -0.05) is 6.92 Å². The summed E-state index contributed by atoms with van der Waals surface area (Å²) in [6, 6.07) is 6.48. The molecule has 0 aliphatic carbocycles. The Kier molecular flexibility index (Phi) is 3.29. The summed E-state index contributed by atoms with van der Waals surface area (Å²) in [5, 5.41) is 3.50. The number of nitrogens with one attached hydrogen (secondary N) is 1. The van der Waals surface area contributed by atoms with Gasteiger partial charge in [0.25, 0.3) is 0 Å². The number of benzene rings is 1. The van der Waals surface area contributed by atoms with Gasteiger partial charge >= 0.3 is 0 Å². The van der Waals surface area contributed by atoms with Crippen LogP contribution in [0.3, 0.4) is 0 Å². The van der Waals surface area contributed by atoms with Gasteiger partial charge in [-0.15, -0.1) is 0 Å². The summed E-state index contributed by atoms with van der Waals surface area (Å²) >= 11 is 0. The van der Waals surface area contributed by atoms with Gasteiger partial charge in [0.2, 0.25) is 0 Å². The maximum atomic E-state index is 5.49. The van der Waals surface area contributed by atoms with Crippen molar-refractivity contribution < 1.29 is 9.47 Å². The lowest BCUT2D eigenvalue weighted by molar-refractivity contribution is 0.364. The Bertz CT molecular complexity index is 405. The van der Waals surface area contributed by atoms with Crippen LogP contribution in [0, 0.1) is 0 Å². The van der Waals surface area contributed by atoms with Crippen LogP contribution in [0.2, 0.25) is 0 Å². The van der Waals surface area contributed by atoms with Gasteiger partial charge in [-0.25, -0.2) is 0 Å². The van der Waals surface area contributed by atoms with Gasteiger partial charge < -0.3 is 14.8 Å². The van der Waals surface area contributed by atoms with Crippen LogP contribution in [0.5, 0.6) is 11.5 Å². The van der Waals surface area contributed by atoms with Crippen LogP contribution in [-0.4, -0.2) is 26.8 Å². The molecule has 2 unspecified atom stereocenters. The van der Waals surface area contributed by atoms with E-state index >= 15 is 0 Å². The number of methoxy groups -OCH3 is 2. The molecule has 1 aromatic rings. The van der Waals surface area contributed by atoms with Gasteiger partial charge in [0, 0.05) is 17.0 Å². The van der Waals surface area contributed by atoms with Crippen molar-refractivity contribution in [2.24, 2.45) is 0 Å². The van der Waals surface area contributed by atoms with Crippen molar-refractivity contribution in [3.8, 4) is 11.5 Å². The first-order chi connectivity index (χ1) is 8.11. The molecule has 1 saturated heterocycles. The van der Waals surface area contributed by atoms with E-state index in [2.05, 4.69) is 25.2 Å². The van der Waals surface area contributed by atoms with Crippen LogP contribution in [0.15, 0.2) is 18.2 Å². The first kappa shape index (κ1) is 12.2. The fourth-order valence-electron chi connectivity index (χ4n) is 2.62. The Morgan fingerprint density at radius 2 is 2.06 bits per heavy atom. The zero-order chi connectivity index (χ0) is 12.5. The summed E-state index contributed by atoms with van der Waals surface area (Å²) in [6.45, 7) is 5.57. The van der Waals surface area contributed by atoms with Crippen molar-refractivity contribution >= 4 is 0 Å². The van der Waals surface area contributed by atoms with Crippen molar-refractivity contribution in [1.82, 2.24) is 5.32 Å². The number of hydrogen-bond acceptors (Lipinski definition) is 3. The minimum Gasteiger partial charge on any atom is -0.497 e. The quantitative estimate of drug-likeness (QED) is 0.872. The molecule has 3 heteroatoms. The van der Waals surface area contributed by atoms with E-state index in [1.54, 1.807) is 14.2 Å². The molecule has 2 atom stereocenters. The van der Waals surface area contributed by atoms with Crippen molar-refractivity contribution in [2.45, 2.75) is 31.7 Å². The van der Waals surface area contributed by atoms with Crippen molar-refractivity contribution in [2.75, 3.05) is 20.8 Å². The maximum Gasteiger partial charge on any atom is 0.122 e. The van der Waals surface area contributed by atoms with Crippen LogP contribution < -0.4 is 14.8 Å². The standard InChI is InChI=1S/C14H21NO2/c1-10-14(2,7-8-15-10)12-9-11(16-3)5-6-13(12)17-4/h5-6,9-10,15H,7-8H2,1-4H3. The summed E-state index contributed by atoms with van der Waals surface area (Å²) in [4.78, 5) is 0. The lowest BCUT2D eigenvalue weighted by Gasteiger charge is -2.31. The molecule has 17 heavy (non-hydrogen) atoms. The molecule has 1 aliphatic heterocycles. The fourth-order valence-corrected chi connectivity index (χ4v) is 2.62. The third-order valence-corrected chi connectivity index (χ3v) is 4.07. The molecule has 1 aromatic carbocycles. The number of rotatable bonds is 3. The summed E-state index contributed by atoms with van der Waals surface area (Å²) in [5.41, 5.74) is 1.34. The molecule has 1 heterocycles. The predicted molar refractivity (Wildman–Crippen MR) is 69.0 cm³/mol. The second kappa shape index (κ2) is 4.57. The molecule has 0 saturated carbocycles. The Labute approximate surface area is 103 Å². The molecule has 0 aromatic heterocycles. The van der Waals surface area contributed by atoms with Crippen LogP contribution in [0.4, 0.5) is 0 Å². The Balaban J connectivity index is 2.48. The van der Waals surface area contributed by atoms with Crippen LogP contribution >= 0.6 is 0 Å². The molecule has 0 bridgehead atoms. The van der Waals surface area contributed by atoms with Gasteiger partial charge in [-0.3, -0.25) is 0 Å². The topological polar surface area (TPSA) is 30.5 Å². The Morgan fingerprint density at radius 3 is 2.59 bits per heavy atom. The fraction of sp³-hybridized carbons (Fsp3) is 0.571. The van der Waals surface area contributed by atoms with E-state index in [1.807, 2.05) is 12.1 Å². The van der Waals surface area contributed by atoms with Crippen LogP contribution in [-0.2, 0) is 5.41 Å². The molecule has 0 radical (unpaired) electrons. The zero-order valence-electron chi connectivity index (χ0n) is 11.0. The molecule has 1 N–H and O–H groups in total. The highest BCUT2D eigenvalue weighted by Crippen LogP contribution is 2.41. The van der Waals surface area contributed by atoms with Crippen molar-refractivity contribution in [3.63, 3.8) is 0 Å². The second-order valence-electron chi connectivity index (χ2n) is 4.91. The first-order valence-corrected chi connectivity index (χ1v) is 6.07. The maximum absolute atomic E-state index is 5.49. The summed E-state index contributed by atoms with van der Waals surface area (Å²) in [5.74, 6) is 1.84. The number of ether oxygens (including phenoxy) is 2. The van der Waals surface area contributed by atoms with Gasteiger partial charge in [0.05, 0.1) is 14.2 Å². The average Bonchev–Trinajstić information content (AvgIpc) is 2.70. The van der Waals surface area contributed by atoms with Crippen molar-refractivity contribution in [1.29, 1.82) is 0 Å². The highest BCUT2D eigenvalue weighted by atomic mass is 16.5. The molecular weight excluding hydrogens is 214 g/mol. The van der Waals surface area contributed by atoms with Gasteiger partial charge in [0.15, 0.2) is 0 Å². The third kappa shape index (κ3) is 2.00. The van der Waals surface area contributed by atoms with E-state index in [4.69, 9.17) is 9.47 Å². The highest BCUT2D eigenvalue weighted by Gasteiger charge is 2.39. The second-order valence-corrected chi connectivity index (χ2v) is 4.91. The minimum atomic E-state index is 0.111. The Hall–Kier alpha value is -1.22. The molecule has 0 amide bonds. The number of hydrogen-bond donors (Lipinski definition) is 1. The lowest BCUT2D eigenvalue weighted by atomic mass is 9.76. The highest BCUT2D eigenvalue weighted by molar-refractivity contribution is 5.46. The zero-order valence-corrected chi connectivity index (χ0v) is 11.0. The summed E-state index contributed by atoms with van der Waals surface area (Å²) in [7, 11) is 3.42. The van der Waals surface area contributed by atoms with Crippen LogP contribution in [0.1, 0.15) is 25.8 Å². The van der Waals surface area contributed by atoms with E-state index in [0.29, 0.717) is 6.04 Å². The van der Waals surface area contributed by atoms with Gasteiger partial charge in [0.1, 0.15) is 11.5 Å². The summed E-state index contributed by atoms with van der Waals surface area (Å²) < 4.78 is 10.8. The molecule has 3 nitrogen and oxygen atoms in total. The first-order valence-electron chi connectivity index (χ1n) is 6.07. The monoisotopic (exact) mass is 235 g/mol. The summed E-state index contributed by atoms with van der Waals surface area (Å²) in [6.07, 6.45) is 1.12. The van der Waals surface area contributed by atoms with Gasteiger partial charge in [-0.05, 0) is 38.1 Å². The predicted octanol–water partition coefficient (Wildman–Crippen LogP) is 2.34. The lowest BCUT2D eigenvalue weighted by Crippen LogP contribution is -2.35. The van der Waals surface area contributed by atoms with Gasteiger partial charge in [-0.2, -0.15) is 0 Å². The Morgan fingerprint density at radius 1 is 1.29 bits per heavy atom. The normalized spacial score (nSPS) is 28.1. The molecule has 94 valence electrons. The van der Waals surface area contributed by atoms with E-state index in [0.717, 1.165) is 24.5 Å². The smallest absolute Gasteiger partial charge is 0.122 e.